The van der Waals surface area contributed by atoms with E-state index in [1.807, 2.05) is 0 Å². The van der Waals surface area contributed by atoms with Crippen LogP contribution in [0.1, 0.15) is 27.7 Å². The van der Waals surface area contributed by atoms with Crippen LogP contribution in [0.3, 0.4) is 0 Å². The highest BCUT2D eigenvalue weighted by Crippen LogP contribution is 2.24. The van der Waals surface area contributed by atoms with Gasteiger partial charge in [-0.05, 0) is 36.2 Å². The number of carbonyl (C=O) groups is 1. The third-order valence-corrected chi connectivity index (χ3v) is 4.23. The Kier molecular flexibility index (Phi) is 5.35. The minimum atomic E-state index is -0.778. The predicted molar refractivity (Wildman–Crippen MR) is 86.7 cm³/mol. The number of ether oxygens (including phenoxy) is 1. The number of nitrogens with zero attached hydrogens (tertiary/aromatic N) is 1. The van der Waals surface area contributed by atoms with Crippen LogP contribution in [0.25, 0.3) is 0 Å². The van der Waals surface area contributed by atoms with Gasteiger partial charge in [-0.15, -0.1) is 0 Å². The van der Waals surface area contributed by atoms with E-state index >= 15 is 0 Å². The average molecular weight is 321 g/mol. The summed E-state index contributed by atoms with van der Waals surface area (Å²) in [6.07, 6.45) is -0.778. The fourth-order valence-electron chi connectivity index (χ4n) is 2.03. The van der Waals surface area contributed by atoms with Gasteiger partial charge < -0.3 is 20.5 Å². The minimum Gasteiger partial charge on any atom is -0.497 e. The Morgan fingerprint density at radius 2 is 2.09 bits per heavy atom. The van der Waals surface area contributed by atoms with Gasteiger partial charge >= 0.3 is 0 Å². The first kappa shape index (κ1) is 16.3. The molecule has 1 amide bonds. The second kappa shape index (κ2) is 7.24. The van der Waals surface area contributed by atoms with E-state index in [1.54, 1.807) is 45.3 Å². The maximum Gasteiger partial charge on any atom is 0.256 e. The molecule has 0 radical (unpaired) electrons. The Balaban J connectivity index is 1.99. The lowest BCUT2D eigenvalue weighted by atomic mass is 10.1. The lowest BCUT2D eigenvalue weighted by molar-refractivity contribution is 0.0916. The van der Waals surface area contributed by atoms with Crippen LogP contribution in [0.15, 0.2) is 24.3 Å². The first-order valence-corrected chi connectivity index (χ1v) is 7.58. The highest BCUT2D eigenvalue weighted by atomic mass is 32.1. The largest absolute Gasteiger partial charge is 0.497 e. The van der Waals surface area contributed by atoms with E-state index in [4.69, 9.17) is 4.74 Å². The summed E-state index contributed by atoms with van der Waals surface area (Å²) in [5.74, 6) is 0.474. The number of methoxy groups -OCH3 is 1. The molecule has 2 aromatic rings. The summed E-state index contributed by atoms with van der Waals surface area (Å²) in [7, 11) is 3.33. The molecule has 1 aromatic carbocycles. The van der Waals surface area contributed by atoms with E-state index in [0.717, 1.165) is 11.3 Å². The maximum absolute atomic E-state index is 12.2. The van der Waals surface area contributed by atoms with Crippen molar-refractivity contribution in [2.45, 2.75) is 13.0 Å². The van der Waals surface area contributed by atoms with Gasteiger partial charge in [-0.3, -0.25) is 4.79 Å². The number of aromatic nitrogens is 1. The molecule has 0 aliphatic carbocycles. The van der Waals surface area contributed by atoms with Crippen LogP contribution in [-0.2, 0) is 0 Å². The van der Waals surface area contributed by atoms with E-state index in [1.165, 1.54) is 11.5 Å². The molecule has 0 aliphatic heterocycles. The summed E-state index contributed by atoms with van der Waals surface area (Å²) in [6.45, 7) is 1.91. The summed E-state index contributed by atoms with van der Waals surface area (Å²) in [4.78, 5) is 12.2. The SMILES string of the molecule is CNc1snc(C)c1C(=O)NCC(O)c1ccc(OC)cc1. The normalized spacial score (nSPS) is 11.8. The van der Waals surface area contributed by atoms with Crippen molar-refractivity contribution in [2.75, 3.05) is 26.0 Å². The van der Waals surface area contributed by atoms with Crippen molar-refractivity contribution in [1.29, 1.82) is 0 Å². The molecule has 3 N–H and O–H groups in total. The minimum absolute atomic E-state index is 0.129. The Bertz CT molecular complexity index is 640. The highest BCUT2D eigenvalue weighted by molar-refractivity contribution is 7.10. The van der Waals surface area contributed by atoms with Gasteiger partial charge in [0, 0.05) is 13.6 Å². The highest BCUT2D eigenvalue weighted by Gasteiger charge is 2.18. The smallest absolute Gasteiger partial charge is 0.256 e. The van der Waals surface area contributed by atoms with Gasteiger partial charge in [0.1, 0.15) is 10.8 Å². The maximum atomic E-state index is 12.2. The average Bonchev–Trinajstić information content (AvgIpc) is 2.93. The summed E-state index contributed by atoms with van der Waals surface area (Å²) >= 11 is 1.24. The third kappa shape index (κ3) is 3.55. The molecular weight excluding hydrogens is 302 g/mol. The fraction of sp³-hybridized carbons (Fsp3) is 0.333. The van der Waals surface area contributed by atoms with E-state index in [9.17, 15) is 9.90 Å². The van der Waals surface area contributed by atoms with E-state index in [-0.39, 0.29) is 12.5 Å². The van der Waals surface area contributed by atoms with Crippen molar-refractivity contribution in [1.82, 2.24) is 9.69 Å². The number of aliphatic hydroxyl groups is 1. The zero-order valence-electron chi connectivity index (χ0n) is 12.7. The molecule has 7 heteroatoms. The van der Waals surface area contributed by atoms with Gasteiger partial charge in [0.25, 0.3) is 5.91 Å². The summed E-state index contributed by atoms with van der Waals surface area (Å²) in [5, 5.41) is 16.5. The molecule has 0 saturated carbocycles. The Morgan fingerprint density at radius 3 is 2.68 bits per heavy atom. The van der Waals surface area contributed by atoms with Crippen LogP contribution >= 0.6 is 11.5 Å². The van der Waals surface area contributed by atoms with Crippen LogP contribution in [0.4, 0.5) is 5.00 Å². The van der Waals surface area contributed by atoms with E-state index in [0.29, 0.717) is 16.3 Å². The van der Waals surface area contributed by atoms with Gasteiger partial charge in [0.2, 0.25) is 0 Å². The van der Waals surface area contributed by atoms with Gasteiger partial charge in [-0.1, -0.05) is 12.1 Å². The Morgan fingerprint density at radius 1 is 1.41 bits per heavy atom. The lowest BCUT2D eigenvalue weighted by Crippen LogP contribution is -2.29. The zero-order valence-corrected chi connectivity index (χ0v) is 13.5. The number of anilines is 1. The van der Waals surface area contributed by atoms with Crippen LogP contribution < -0.4 is 15.4 Å². The number of amides is 1. The standard InChI is InChI=1S/C15H19N3O3S/c1-9-13(15(16-2)22-18-9)14(20)17-8-12(19)10-4-6-11(21-3)7-5-10/h4-7,12,16,19H,8H2,1-3H3,(H,17,20). The molecule has 1 aromatic heterocycles. The van der Waals surface area contributed by atoms with Crippen molar-refractivity contribution in [3.05, 3.63) is 41.1 Å². The first-order valence-electron chi connectivity index (χ1n) is 6.81. The number of carbonyl (C=O) groups excluding carboxylic acids is 1. The fourth-order valence-corrected chi connectivity index (χ4v) is 2.77. The summed E-state index contributed by atoms with van der Waals surface area (Å²) in [6, 6.07) is 7.08. The number of nitrogens with one attached hydrogen (secondary N) is 2. The van der Waals surface area contributed by atoms with E-state index in [2.05, 4.69) is 15.0 Å². The van der Waals surface area contributed by atoms with Crippen LogP contribution in [0, 0.1) is 6.92 Å². The first-order chi connectivity index (χ1) is 10.6. The number of aliphatic hydroxyl groups excluding tert-OH is 1. The second-order valence-electron chi connectivity index (χ2n) is 4.72. The Hall–Kier alpha value is -2.12. The molecule has 118 valence electrons. The molecule has 0 fully saturated rings. The molecule has 0 aliphatic rings. The molecule has 0 saturated heterocycles. The number of benzene rings is 1. The van der Waals surface area contributed by atoms with Crippen molar-refractivity contribution >= 4 is 22.4 Å². The number of rotatable bonds is 6. The van der Waals surface area contributed by atoms with Crippen molar-refractivity contribution in [2.24, 2.45) is 0 Å². The lowest BCUT2D eigenvalue weighted by Gasteiger charge is -2.13. The van der Waals surface area contributed by atoms with Crippen LogP contribution in [-0.4, -0.2) is 36.1 Å². The molecular formula is C15H19N3O3S. The predicted octanol–water partition coefficient (Wildman–Crippen LogP) is 1.97. The molecule has 0 bridgehead atoms. The Labute approximate surface area is 133 Å². The third-order valence-electron chi connectivity index (χ3n) is 3.27. The van der Waals surface area contributed by atoms with Gasteiger partial charge in [0.15, 0.2) is 0 Å². The summed E-state index contributed by atoms with van der Waals surface area (Å²) in [5.41, 5.74) is 1.91. The van der Waals surface area contributed by atoms with Gasteiger partial charge in [0.05, 0.1) is 24.5 Å². The monoisotopic (exact) mass is 321 g/mol. The number of hydrogen-bond donors (Lipinski definition) is 3. The molecule has 2 rings (SSSR count). The molecule has 1 heterocycles. The van der Waals surface area contributed by atoms with Gasteiger partial charge in [-0.2, -0.15) is 4.37 Å². The van der Waals surface area contributed by atoms with Crippen molar-refractivity contribution < 1.29 is 14.6 Å². The molecule has 22 heavy (non-hydrogen) atoms. The van der Waals surface area contributed by atoms with Crippen molar-refractivity contribution in [3.63, 3.8) is 0 Å². The second-order valence-corrected chi connectivity index (χ2v) is 5.49. The van der Waals surface area contributed by atoms with Crippen LogP contribution in [0.2, 0.25) is 0 Å². The van der Waals surface area contributed by atoms with Crippen LogP contribution in [0.5, 0.6) is 5.75 Å². The quantitative estimate of drug-likeness (QED) is 0.757. The zero-order chi connectivity index (χ0) is 16.1. The molecule has 6 nitrogen and oxygen atoms in total. The number of hydrogen-bond acceptors (Lipinski definition) is 6. The molecule has 1 unspecified atom stereocenters. The summed E-state index contributed by atoms with van der Waals surface area (Å²) < 4.78 is 9.23. The molecule has 1 atom stereocenters. The van der Waals surface area contributed by atoms with E-state index < -0.39 is 6.10 Å². The number of aryl methyl sites for hydroxylation is 1. The van der Waals surface area contributed by atoms with Crippen molar-refractivity contribution in [3.8, 4) is 5.75 Å². The molecule has 0 spiro atoms. The topological polar surface area (TPSA) is 83.5 Å². The van der Waals surface area contributed by atoms with Gasteiger partial charge in [-0.25, -0.2) is 0 Å².